The second-order valence-corrected chi connectivity index (χ2v) is 4.61. The zero-order valence-corrected chi connectivity index (χ0v) is 11.3. The van der Waals surface area contributed by atoms with E-state index in [2.05, 4.69) is 17.2 Å². The van der Waals surface area contributed by atoms with E-state index in [1.54, 1.807) is 0 Å². The van der Waals surface area contributed by atoms with Crippen molar-refractivity contribution in [3.8, 4) is 0 Å². The van der Waals surface area contributed by atoms with Crippen molar-refractivity contribution in [1.82, 2.24) is 10.3 Å². The molecule has 0 fully saturated rings. The number of amides is 1. The average Bonchev–Trinajstić information content (AvgIpc) is 2.39. The summed E-state index contributed by atoms with van der Waals surface area (Å²) in [5, 5.41) is 11.6. The number of unbranched alkanes of at least 4 members (excludes halogenated alkanes) is 2. The quantitative estimate of drug-likeness (QED) is 0.741. The Hall–Kier alpha value is -1.91. The van der Waals surface area contributed by atoms with Crippen LogP contribution in [0.4, 0.5) is 0 Å². The minimum Gasteiger partial charge on any atom is -0.477 e. The fraction of sp³-hybridized carbons (Fsp3) is 0.500. The van der Waals surface area contributed by atoms with Gasteiger partial charge in [-0.3, -0.25) is 4.79 Å². The van der Waals surface area contributed by atoms with Gasteiger partial charge in [0.1, 0.15) is 5.69 Å². The fourth-order valence-corrected chi connectivity index (χ4v) is 1.73. The molecule has 5 nitrogen and oxygen atoms in total. The monoisotopic (exact) mass is 264 g/mol. The number of aromatic carboxylic acids is 1. The van der Waals surface area contributed by atoms with Crippen LogP contribution in [0.25, 0.3) is 0 Å². The van der Waals surface area contributed by atoms with Gasteiger partial charge in [0.15, 0.2) is 0 Å². The first-order valence-corrected chi connectivity index (χ1v) is 6.54. The Morgan fingerprint density at radius 2 is 2.11 bits per heavy atom. The number of hydrogen-bond donors (Lipinski definition) is 2. The zero-order chi connectivity index (χ0) is 14.3. The summed E-state index contributed by atoms with van der Waals surface area (Å²) in [7, 11) is 0. The Morgan fingerprint density at radius 1 is 1.37 bits per heavy atom. The van der Waals surface area contributed by atoms with Gasteiger partial charge < -0.3 is 10.4 Å². The molecule has 0 bridgehead atoms. The van der Waals surface area contributed by atoms with E-state index >= 15 is 0 Å². The minimum absolute atomic E-state index is 0.0625. The lowest BCUT2D eigenvalue weighted by atomic mass is 10.1. The van der Waals surface area contributed by atoms with E-state index < -0.39 is 5.97 Å². The van der Waals surface area contributed by atoms with Gasteiger partial charge in [-0.05, 0) is 25.5 Å². The number of nitrogens with zero attached hydrogens (tertiary/aromatic N) is 1. The number of carbonyl (C=O) groups excluding carboxylic acids is 1. The number of pyridine rings is 1. The zero-order valence-electron chi connectivity index (χ0n) is 11.3. The normalized spacial score (nSPS) is 11.9. The third-order valence-corrected chi connectivity index (χ3v) is 2.86. The topological polar surface area (TPSA) is 79.3 Å². The van der Waals surface area contributed by atoms with E-state index in [9.17, 15) is 9.59 Å². The van der Waals surface area contributed by atoms with Crippen LogP contribution in [0.15, 0.2) is 18.3 Å². The molecule has 1 aromatic rings. The molecule has 0 aliphatic carbocycles. The molecule has 0 aliphatic heterocycles. The van der Waals surface area contributed by atoms with E-state index in [0.29, 0.717) is 5.56 Å². The van der Waals surface area contributed by atoms with Crippen LogP contribution in [0.5, 0.6) is 0 Å². The van der Waals surface area contributed by atoms with Crippen LogP contribution in [0.1, 0.15) is 60.4 Å². The highest BCUT2D eigenvalue weighted by atomic mass is 16.4. The maximum atomic E-state index is 11.9. The molecular formula is C14H20N2O3. The molecule has 0 spiro atoms. The fourth-order valence-electron chi connectivity index (χ4n) is 1.73. The molecule has 1 amide bonds. The van der Waals surface area contributed by atoms with Gasteiger partial charge in [0.2, 0.25) is 0 Å². The predicted octanol–water partition coefficient (Wildman–Crippen LogP) is 2.48. The lowest BCUT2D eigenvalue weighted by Gasteiger charge is -2.13. The van der Waals surface area contributed by atoms with Crippen molar-refractivity contribution in [2.75, 3.05) is 0 Å². The lowest BCUT2D eigenvalue weighted by Crippen LogP contribution is -2.32. The highest BCUT2D eigenvalue weighted by Crippen LogP contribution is 2.05. The van der Waals surface area contributed by atoms with Crippen molar-refractivity contribution in [2.45, 2.75) is 45.6 Å². The van der Waals surface area contributed by atoms with Crippen LogP contribution in [0.3, 0.4) is 0 Å². The van der Waals surface area contributed by atoms with E-state index in [-0.39, 0.29) is 17.6 Å². The Kier molecular flexibility index (Phi) is 5.99. The number of carbonyl (C=O) groups is 2. The second-order valence-electron chi connectivity index (χ2n) is 4.61. The van der Waals surface area contributed by atoms with Crippen LogP contribution in [-0.4, -0.2) is 28.0 Å². The standard InChI is InChI=1S/C14H20N2O3/c1-3-4-5-6-10(2)16-13(17)11-7-8-12(14(18)19)15-9-11/h7-10H,3-6H2,1-2H3,(H,16,17)(H,18,19). The molecule has 104 valence electrons. The van der Waals surface area contributed by atoms with Gasteiger partial charge in [-0.2, -0.15) is 0 Å². The summed E-state index contributed by atoms with van der Waals surface area (Å²) in [5.41, 5.74) is 0.319. The highest BCUT2D eigenvalue weighted by Gasteiger charge is 2.11. The summed E-state index contributed by atoms with van der Waals surface area (Å²) in [6.07, 6.45) is 5.64. The van der Waals surface area contributed by atoms with Crippen LogP contribution in [0.2, 0.25) is 0 Å². The highest BCUT2D eigenvalue weighted by molar-refractivity contribution is 5.95. The molecule has 1 atom stereocenters. The second kappa shape index (κ2) is 7.51. The van der Waals surface area contributed by atoms with Crippen molar-refractivity contribution in [2.24, 2.45) is 0 Å². The molecule has 0 saturated heterocycles. The van der Waals surface area contributed by atoms with Gasteiger partial charge in [-0.25, -0.2) is 9.78 Å². The molecular weight excluding hydrogens is 244 g/mol. The van der Waals surface area contributed by atoms with Crippen LogP contribution < -0.4 is 5.32 Å². The number of hydrogen-bond acceptors (Lipinski definition) is 3. The summed E-state index contributed by atoms with van der Waals surface area (Å²) in [4.78, 5) is 26.2. The van der Waals surface area contributed by atoms with Gasteiger partial charge in [-0.15, -0.1) is 0 Å². The summed E-state index contributed by atoms with van der Waals surface area (Å²) in [6, 6.07) is 2.92. The van der Waals surface area contributed by atoms with Crippen molar-refractivity contribution < 1.29 is 14.7 Å². The molecule has 5 heteroatoms. The number of rotatable bonds is 7. The van der Waals surface area contributed by atoms with Gasteiger partial charge in [0, 0.05) is 12.2 Å². The van der Waals surface area contributed by atoms with Crippen molar-refractivity contribution >= 4 is 11.9 Å². The van der Waals surface area contributed by atoms with Gasteiger partial charge in [0.05, 0.1) is 5.56 Å². The van der Waals surface area contributed by atoms with Crippen LogP contribution in [-0.2, 0) is 0 Å². The Morgan fingerprint density at radius 3 is 2.63 bits per heavy atom. The molecule has 0 saturated carbocycles. The summed E-state index contributed by atoms with van der Waals surface area (Å²) >= 11 is 0. The number of nitrogens with one attached hydrogen (secondary N) is 1. The minimum atomic E-state index is -1.10. The summed E-state index contributed by atoms with van der Waals surface area (Å²) in [5.74, 6) is -1.31. The van der Waals surface area contributed by atoms with Gasteiger partial charge >= 0.3 is 5.97 Å². The molecule has 1 unspecified atom stereocenters. The van der Waals surface area contributed by atoms with Gasteiger partial charge in [0.25, 0.3) is 5.91 Å². The van der Waals surface area contributed by atoms with E-state index in [1.807, 2.05) is 6.92 Å². The number of carboxylic acids is 1. The van der Waals surface area contributed by atoms with Crippen molar-refractivity contribution in [3.63, 3.8) is 0 Å². The van der Waals surface area contributed by atoms with E-state index in [0.717, 1.165) is 25.7 Å². The summed E-state index contributed by atoms with van der Waals surface area (Å²) < 4.78 is 0. The van der Waals surface area contributed by atoms with E-state index in [4.69, 9.17) is 5.11 Å². The molecule has 1 heterocycles. The molecule has 0 aliphatic rings. The first-order valence-electron chi connectivity index (χ1n) is 6.54. The first kappa shape index (κ1) is 15.1. The molecule has 1 aromatic heterocycles. The molecule has 0 aromatic carbocycles. The predicted molar refractivity (Wildman–Crippen MR) is 72.3 cm³/mol. The Bertz CT molecular complexity index is 429. The average molecular weight is 264 g/mol. The lowest BCUT2D eigenvalue weighted by molar-refractivity contribution is 0.0689. The Labute approximate surface area is 113 Å². The van der Waals surface area contributed by atoms with Crippen LogP contribution in [0, 0.1) is 0 Å². The molecule has 2 N–H and O–H groups in total. The first-order chi connectivity index (χ1) is 9.04. The molecule has 0 radical (unpaired) electrons. The van der Waals surface area contributed by atoms with Gasteiger partial charge in [-0.1, -0.05) is 26.2 Å². The third kappa shape index (κ3) is 5.07. The van der Waals surface area contributed by atoms with Crippen LogP contribution >= 0.6 is 0 Å². The SMILES string of the molecule is CCCCCC(C)NC(=O)c1ccc(C(=O)O)nc1. The maximum absolute atomic E-state index is 11.9. The van der Waals surface area contributed by atoms with Crippen molar-refractivity contribution in [1.29, 1.82) is 0 Å². The Balaban J connectivity index is 2.51. The number of carboxylic acid groups (broad SMARTS) is 1. The maximum Gasteiger partial charge on any atom is 0.354 e. The summed E-state index contributed by atoms with van der Waals surface area (Å²) in [6.45, 7) is 4.10. The third-order valence-electron chi connectivity index (χ3n) is 2.86. The smallest absolute Gasteiger partial charge is 0.354 e. The number of aromatic nitrogens is 1. The van der Waals surface area contributed by atoms with E-state index in [1.165, 1.54) is 18.3 Å². The molecule has 1 rings (SSSR count). The molecule has 19 heavy (non-hydrogen) atoms. The largest absolute Gasteiger partial charge is 0.477 e. The van der Waals surface area contributed by atoms with Crippen molar-refractivity contribution in [3.05, 3.63) is 29.6 Å².